The van der Waals surface area contributed by atoms with Crippen LogP contribution in [-0.4, -0.2) is 16.6 Å². The molecule has 6 heteroatoms. The van der Waals surface area contributed by atoms with Gasteiger partial charge in [-0.05, 0) is 12.1 Å². The molecule has 2 rings (SSSR count). The third kappa shape index (κ3) is 1.50. The molecule has 0 amide bonds. The number of H-pyrrole nitrogens is 1. The molecule has 0 saturated heterocycles. The number of nitrogens with one attached hydrogen (secondary N) is 1. The number of aromatic amines is 1. The van der Waals surface area contributed by atoms with E-state index >= 15 is 0 Å². The van der Waals surface area contributed by atoms with Crippen molar-refractivity contribution in [3.8, 4) is 0 Å². The number of fused-ring (bicyclic) bond motifs is 1. The number of benzene rings is 1. The molecule has 0 radical (unpaired) electrons. The van der Waals surface area contributed by atoms with Gasteiger partial charge in [0, 0.05) is 0 Å². The molecule has 5 nitrogen and oxygen atoms in total. The fourth-order valence-electron chi connectivity index (χ4n) is 1.34. The Morgan fingerprint density at radius 3 is 2.80 bits per heavy atom. The maximum absolute atomic E-state index is 12.0. The smallest absolute Gasteiger partial charge is 0.361 e. The van der Waals surface area contributed by atoms with Crippen LogP contribution in [0.3, 0.4) is 0 Å². The van der Waals surface area contributed by atoms with Crippen molar-refractivity contribution in [2.75, 3.05) is 6.86 Å². The van der Waals surface area contributed by atoms with E-state index in [9.17, 15) is 14.0 Å². The Kier molecular flexibility index (Phi) is 2.24. The van der Waals surface area contributed by atoms with Crippen molar-refractivity contribution in [1.29, 1.82) is 0 Å². The molecule has 0 aliphatic heterocycles. The summed E-state index contributed by atoms with van der Waals surface area (Å²) in [6.07, 6.45) is 0. The molecule has 78 valence electrons. The van der Waals surface area contributed by atoms with Crippen molar-refractivity contribution in [3.05, 3.63) is 45.1 Å². The molecule has 0 saturated carbocycles. The van der Waals surface area contributed by atoms with Crippen LogP contribution in [0.1, 0.15) is 0 Å². The lowest BCUT2D eigenvalue weighted by atomic mass is 10.2. The Bertz CT molecular complexity index is 602. The van der Waals surface area contributed by atoms with E-state index in [4.69, 9.17) is 0 Å². The first-order valence-electron chi connectivity index (χ1n) is 4.17. The lowest BCUT2D eigenvalue weighted by molar-refractivity contribution is 0.0416. The van der Waals surface area contributed by atoms with Gasteiger partial charge in [-0.25, -0.2) is 9.18 Å². The van der Waals surface area contributed by atoms with Crippen molar-refractivity contribution in [1.82, 2.24) is 9.71 Å². The van der Waals surface area contributed by atoms with Gasteiger partial charge in [0.25, 0.3) is 12.4 Å². The molecule has 2 aromatic rings. The molecule has 15 heavy (non-hydrogen) atoms. The lowest BCUT2D eigenvalue weighted by Crippen LogP contribution is -2.34. The average molecular weight is 210 g/mol. The third-order valence-electron chi connectivity index (χ3n) is 1.95. The molecule has 0 unspecified atom stereocenters. The summed E-state index contributed by atoms with van der Waals surface area (Å²) in [6.45, 7) is -1.14. The number of nitrogens with zero attached hydrogens (tertiary/aromatic N) is 1. The maximum atomic E-state index is 12.0. The molecular formula is C9H7FN2O3. The van der Waals surface area contributed by atoms with Crippen LogP contribution in [-0.2, 0) is 0 Å². The van der Waals surface area contributed by atoms with E-state index < -0.39 is 18.1 Å². The zero-order valence-electron chi connectivity index (χ0n) is 7.57. The Morgan fingerprint density at radius 1 is 1.33 bits per heavy atom. The van der Waals surface area contributed by atoms with Gasteiger partial charge in [-0.2, -0.15) is 0 Å². The van der Waals surface area contributed by atoms with E-state index in [1.807, 2.05) is 4.98 Å². The van der Waals surface area contributed by atoms with E-state index in [2.05, 4.69) is 4.84 Å². The number of alkyl halides is 1. The van der Waals surface area contributed by atoms with Crippen molar-refractivity contribution in [2.45, 2.75) is 0 Å². The summed E-state index contributed by atoms with van der Waals surface area (Å²) < 4.78 is 12.7. The molecule has 1 aromatic heterocycles. The minimum Gasteiger partial charge on any atom is -0.375 e. The predicted octanol–water partition coefficient (Wildman–Crippen LogP) is 0.0454. The summed E-state index contributed by atoms with van der Waals surface area (Å²) in [4.78, 5) is 29.1. The van der Waals surface area contributed by atoms with Crippen LogP contribution in [0.4, 0.5) is 4.39 Å². The van der Waals surface area contributed by atoms with Crippen molar-refractivity contribution in [2.24, 2.45) is 0 Å². The van der Waals surface area contributed by atoms with Crippen LogP contribution < -0.4 is 16.1 Å². The fraction of sp³-hybridized carbons (Fsp3) is 0.111. The number of halogens is 1. The van der Waals surface area contributed by atoms with Crippen LogP contribution in [0.5, 0.6) is 0 Å². The average Bonchev–Trinajstić information content (AvgIpc) is 2.24. The van der Waals surface area contributed by atoms with Gasteiger partial charge in [0.1, 0.15) is 0 Å². The van der Waals surface area contributed by atoms with Gasteiger partial charge in [-0.3, -0.25) is 9.78 Å². The molecule has 0 bridgehead atoms. The SMILES string of the molecule is O=c1[nH]c(=O)n(OCF)c2ccccc12. The van der Waals surface area contributed by atoms with E-state index in [-0.39, 0.29) is 10.9 Å². The van der Waals surface area contributed by atoms with Gasteiger partial charge in [0.05, 0.1) is 10.9 Å². The summed E-state index contributed by atoms with van der Waals surface area (Å²) in [6, 6.07) is 6.29. The Morgan fingerprint density at radius 2 is 2.07 bits per heavy atom. The zero-order valence-corrected chi connectivity index (χ0v) is 7.57. The number of aromatic nitrogens is 2. The van der Waals surface area contributed by atoms with Crippen LogP contribution >= 0.6 is 0 Å². The number of hydrogen-bond acceptors (Lipinski definition) is 3. The summed E-state index contributed by atoms with van der Waals surface area (Å²) in [5.74, 6) is 0. The standard InChI is InChI=1S/C9H7FN2O3/c10-5-15-12-7-4-2-1-3-6(7)8(13)11-9(12)14/h1-4H,5H2,(H,11,13,14). The molecule has 0 aliphatic carbocycles. The molecule has 0 spiro atoms. The summed E-state index contributed by atoms with van der Waals surface area (Å²) in [5.41, 5.74) is -1.07. The maximum Gasteiger partial charge on any atom is 0.361 e. The number of hydrogen-bond donors (Lipinski definition) is 1. The summed E-state index contributed by atoms with van der Waals surface area (Å²) in [7, 11) is 0. The molecule has 0 aliphatic rings. The minimum atomic E-state index is -1.14. The van der Waals surface area contributed by atoms with Gasteiger partial charge >= 0.3 is 5.69 Å². The topological polar surface area (TPSA) is 64.1 Å². The largest absolute Gasteiger partial charge is 0.375 e. The predicted molar refractivity (Wildman–Crippen MR) is 51.4 cm³/mol. The van der Waals surface area contributed by atoms with E-state index in [0.29, 0.717) is 0 Å². The highest BCUT2D eigenvalue weighted by atomic mass is 19.1. The van der Waals surface area contributed by atoms with Crippen molar-refractivity contribution in [3.63, 3.8) is 0 Å². The third-order valence-corrected chi connectivity index (χ3v) is 1.95. The molecule has 1 N–H and O–H groups in total. The zero-order chi connectivity index (χ0) is 10.8. The lowest BCUT2D eigenvalue weighted by Gasteiger charge is -2.06. The van der Waals surface area contributed by atoms with E-state index in [0.717, 1.165) is 4.73 Å². The van der Waals surface area contributed by atoms with Crippen LogP contribution in [0, 0.1) is 0 Å². The van der Waals surface area contributed by atoms with Crippen LogP contribution in [0.25, 0.3) is 10.9 Å². The second kappa shape index (κ2) is 3.56. The highest BCUT2D eigenvalue weighted by Gasteiger charge is 2.06. The second-order valence-electron chi connectivity index (χ2n) is 2.81. The fourth-order valence-corrected chi connectivity index (χ4v) is 1.34. The highest BCUT2D eigenvalue weighted by molar-refractivity contribution is 5.77. The number of rotatable bonds is 2. The first-order chi connectivity index (χ1) is 7.24. The minimum absolute atomic E-state index is 0.240. The normalized spacial score (nSPS) is 10.5. The Hall–Kier alpha value is -2.11. The first-order valence-corrected chi connectivity index (χ1v) is 4.17. The summed E-state index contributed by atoms with van der Waals surface area (Å²) >= 11 is 0. The van der Waals surface area contributed by atoms with Crippen molar-refractivity contribution >= 4 is 10.9 Å². The second-order valence-corrected chi connectivity index (χ2v) is 2.81. The highest BCUT2D eigenvalue weighted by Crippen LogP contribution is 2.04. The molecule has 0 fully saturated rings. The summed E-state index contributed by atoms with van der Waals surface area (Å²) in [5, 5.41) is 0.269. The molecule has 1 aromatic carbocycles. The quantitative estimate of drug-likeness (QED) is 0.761. The monoisotopic (exact) mass is 210 g/mol. The van der Waals surface area contributed by atoms with Gasteiger partial charge < -0.3 is 4.84 Å². The molecular weight excluding hydrogens is 203 g/mol. The molecule has 0 atom stereocenters. The van der Waals surface area contributed by atoms with Crippen LogP contribution in [0.2, 0.25) is 0 Å². The van der Waals surface area contributed by atoms with Gasteiger partial charge in [-0.15, -0.1) is 4.73 Å². The van der Waals surface area contributed by atoms with Gasteiger partial charge in [0.15, 0.2) is 0 Å². The Balaban J connectivity index is 2.90. The van der Waals surface area contributed by atoms with E-state index in [1.54, 1.807) is 12.1 Å². The van der Waals surface area contributed by atoms with Crippen molar-refractivity contribution < 1.29 is 9.23 Å². The molecule has 1 heterocycles. The van der Waals surface area contributed by atoms with Gasteiger partial charge in [-0.1, -0.05) is 12.1 Å². The Labute approximate surface area is 82.7 Å². The van der Waals surface area contributed by atoms with Crippen LogP contribution in [0.15, 0.2) is 33.9 Å². The number of para-hydroxylation sites is 1. The van der Waals surface area contributed by atoms with Gasteiger partial charge in [0.2, 0.25) is 0 Å². The first kappa shape index (κ1) is 9.45. The van der Waals surface area contributed by atoms with E-state index in [1.165, 1.54) is 12.1 Å².